The average Bonchev–Trinajstić information content (AvgIpc) is 2.81. The van der Waals surface area contributed by atoms with Crippen molar-refractivity contribution in [2.75, 3.05) is 19.6 Å². The van der Waals surface area contributed by atoms with Gasteiger partial charge in [0.1, 0.15) is 5.54 Å². The molecule has 2 heterocycles. The van der Waals surface area contributed by atoms with E-state index in [2.05, 4.69) is 6.92 Å². The van der Waals surface area contributed by atoms with Crippen LogP contribution < -0.4 is 0 Å². The van der Waals surface area contributed by atoms with E-state index in [1.807, 2.05) is 4.90 Å². The minimum absolute atomic E-state index is 0.0862. The highest BCUT2D eigenvalue weighted by Gasteiger charge is 2.47. The molecule has 0 bridgehead atoms. The molecule has 1 atom stereocenters. The number of carboxylic acid groups (broad SMARTS) is 1. The van der Waals surface area contributed by atoms with E-state index in [1.54, 1.807) is 11.8 Å². The van der Waals surface area contributed by atoms with Gasteiger partial charge in [0, 0.05) is 19.6 Å². The molecule has 0 radical (unpaired) electrons. The summed E-state index contributed by atoms with van der Waals surface area (Å²) in [6, 6.07) is -0.0862. The zero-order valence-corrected chi connectivity index (χ0v) is 11.9. The predicted octanol–water partition coefficient (Wildman–Crippen LogP) is 2.17. The fraction of sp³-hybridized carbons (Fsp3) is 0.857. The Labute approximate surface area is 114 Å². The molecule has 19 heavy (non-hydrogen) atoms. The van der Waals surface area contributed by atoms with Crippen molar-refractivity contribution in [3.8, 4) is 0 Å². The van der Waals surface area contributed by atoms with Gasteiger partial charge in [-0.15, -0.1) is 0 Å². The van der Waals surface area contributed by atoms with Gasteiger partial charge in [-0.25, -0.2) is 9.59 Å². The summed E-state index contributed by atoms with van der Waals surface area (Å²) >= 11 is 0. The molecule has 2 fully saturated rings. The summed E-state index contributed by atoms with van der Waals surface area (Å²) in [7, 11) is 0. The Hall–Kier alpha value is -1.26. The lowest BCUT2D eigenvalue weighted by molar-refractivity contribution is -0.147. The van der Waals surface area contributed by atoms with Crippen molar-refractivity contribution in [2.45, 2.75) is 51.5 Å². The van der Waals surface area contributed by atoms with E-state index in [0.29, 0.717) is 18.9 Å². The number of aliphatic carboxylic acids is 1. The van der Waals surface area contributed by atoms with Crippen LogP contribution in [0.1, 0.15) is 46.0 Å². The van der Waals surface area contributed by atoms with Gasteiger partial charge in [0.15, 0.2) is 0 Å². The summed E-state index contributed by atoms with van der Waals surface area (Å²) in [4.78, 5) is 27.3. The molecule has 2 saturated heterocycles. The summed E-state index contributed by atoms with van der Waals surface area (Å²) in [5.74, 6) is -0.171. The monoisotopic (exact) mass is 268 g/mol. The second-order valence-corrected chi connectivity index (χ2v) is 5.96. The van der Waals surface area contributed by atoms with Crippen molar-refractivity contribution in [1.29, 1.82) is 0 Å². The summed E-state index contributed by atoms with van der Waals surface area (Å²) in [5.41, 5.74) is -1.02. The fourth-order valence-corrected chi connectivity index (χ4v) is 3.20. The molecule has 1 unspecified atom stereocenters. The van der Waals surface area contributed by atoms with Crippen molar-refractivity contribution in [3.05, 3.63) is 0 Å². The van der Waals surface area contributed by atoms with Crippen molar-refractivity contribution in [3.63, 3.8) is 0 Å². The summed E-state index contributed by atoms with van der Waals surface area (Å²) in [6.45, 7) is 5.95. The first-order valence-electron chi connectivity index (χ1n) is 7.29. The van der Waals surface area contributed by atoms with Gasteiger partial charge in [0.25, 0.3) is 0 Å². The quantitative estimate of drug-likeness (QED) is 0.835. The maximum absolute atomic E-state index is 12.5. The molecule has 0 spiro atoms. The lowest BCUT2D eigenvalue weighted by Gasteiger charge is -2.38. The van der Waals surface area contributed by atoms with Crippen molar-refractivity contribution < 1.29 is 14.7 Å². The highest BCUT2D eigenvalue weighted by Crippen LogP contribution is 2.31. The molecule has 5 nitrogen and oxygen atoms in total. The third-order valence-corrected chi connectivity index (χ3v) is 4.80. The first kappa shape index (κ1) is 14.2. The number of carbonyl (C=O) groups is 2. The van der Waals surface area contributed by atoms with E-state index < -0.39 is 11.5 Å². The van der Waals surface area contributed by atoms with Crippen LogP contribution in [0.25, 0.3) is 0 Å². The number of hydrogen-bond donors (Lipinski definition) is 1. The highest BCUT2D eigenvalue weighted by atomic mass is 16.4. The number of hydrogen-bond acceptors (Lipinski definition) is 2. The summed E-state index contributed by atoms with van der Waals surface area (Å²) < 4.78 is 0. The van der Waals surface area contributed by atoms with Gasteiger partial charge in [-0.05, 0) is 38.5 Å². The SMILES string of the molecule is CCC1CCN(C(=O)N2CCCC2(C)C(=O)O)CC1. The van der Waals surface area contributed by atoms with Gasteiger partial charge in [0.2, 0.25) is 0 Å². The Bertz CT molecular complexity index is 364. The number of rotatable bonds is 2. The lowest BCUT2D eigenvalue weighted by atomic mass is 9.94. The molecule has 2 amide bonds. The number of amides is 2. The van der Waals surface area contributed by atoms with Crippen LogP contribution in [-0.2, 0) is 4.79 Å². The predicted molar refractivity (Wildman–Crippen MR) is 72.0 cm³/mol. The van der Waals surface area contributed by atoms with Crippen LogP contribution in [0.3, 0.4) is 0 Å². The molecule has 0 aromatic heterocycles. The maximum atomic E-state index is 12.5. The van der Waals surface area contributed by atoms with Crippen LogP contribution in [0.15, 0.2) is 0 Å². The van der Waals surface area contributed by atoms with E-state index in [0.717, 1.165) is 32.4 Å². The van der Waals surface area contributed by atoms with Gasteiger partial charge in [0.05, 0.1) is 0 Å². The molecule has 108 valence electrons. The second kappa shape index (κ2) is 5.39. The van der Waals surface area contributed by atoms with Crippen LogP contribution in [0.4, 0.5) is 4.79 Å². The van der Waals surface area contributed by atoms with Crippen LogP contribution >= 0.6 is 0 Å². The average molecular weight is 268 g/mol. The third-order valence-electron chi connectivity index (χ3n) is 4.80. The molecule has 0 saturated carbocycles. The number of urea groups is 1. The van der Waals surface area contributed by atoms with E-state index in [4.69, 9.17) is 0 Å². The zero-order valence-electron chi connectivity index (χ0n) is 11.9. The molecular formula is C14H24N2O3. The van der Waals surface area contributed by atoms with Gasteiger partial charge in [-0.2, -0.15) is 0 Å². The number of carboxylic acids is 1. The molecule has 2 aliphatic rings. The zero-order chi connectivity index (χ0) is 14.0. The molecular weight excluding hydrogens is 244 g/mol. The third kappa shape index (κ3) is 2.55. The number of carbonyl (C=O) groups excluding carboxylic acids is 1. The van der Waals surface area contributed by atoms with Crippen molar-refractivity contribution in [2.24, 2.45) is 5.92 Å². The highest BCUT2D eigenvalue weighted by molar-refractivity contribution is 5.86. The number of piperidine rings is 1. The van der Waals surface area contributed by atoms with Gasteiger partial charge in [-0.1, -0.05) is 13.3 Å². The standard InChI is InChI=1S/C14H24N2O3/c1-3-11-5-9-15(10-6-11)13(19)16-8-4-7-14(16,2)12(17)18/h11H,3-10H2,1-2H3,(H,17,18). The van der Waals surface area contributed by atoms with Gasteiger partial charge >= 0.3 is 12.0 Å². The van der Waals surface area contributed by atoms with Crippen molar-refractivity contribution >= 4 is 12.0 Å². The summed E-state index contributed by atoms with van der Waals surface area (Å²) in [6.07, 6.45) is 4.58. The molecule has 0 aromatic carbocycles. The number of likely N-dealkylation sites (tertiary alicyclic amines) is 2. The molecule has 2 aliphatic heterocycles. The first-order valence-corrected chi connectivity index (χ1v) is 7.29. The Kier molecular flexibility index (Phi) is 4.02. The Morgan fingerprint density at radius 1 is 1.26 bits per heavy atom. The number of nitrogens with zero attached hydrogens (tertiary/aromatic N) is 2. The Morgan fingerprint density at radius 3 is 2.42 bits per heavy atom. The van der Waals surface area contributed by atoms with Crippen molar-refractivity contribution in [1.82, 2.24) is 9.80 Å². The van der Waals surface area contributed by atoms with Crippen LogP contribution in [0.2, 0.25) is 0 Å². The molecule has 0 aliphatic carbocycles. The minimum atomic E-state index is -1.02. The smallest absolute Gasteiger partial charge is 0.329 e. The van der Waals surface area contributed by atoms with E-state index >= 15 is 0 Å². The first-order chi connectivity index (χ1) is 8.99. The van der Waals surface area contributed by atoms with E-state index in [1.165, 1.54) is 6.42 Å². The Morgan fingerprint density at radius 2 is 1.89 bits per heavy atom. The minimum Gasteiger partial charge on any atom is -0.480 e. The molecule has 5 heteroatoms. The van der Waals surface area contributed by atoms with Gasteiger partial charge < -0.3 is 14.9 Å². The Balaban J connectivity index is 2.02. The molecule has 1 N–H and O–H groups in total. The largest absolute Gasteiger partial charge is 0.480 e. The van der Waals surface area contributed by atoms with Crippen LogP contribution in [0.5, 0.6) is 0 Å². The second-order valence-electron chi connectivity index (χ2n) is 5.96. The lowest BCUT2D eigenvalue weighted by Crippen LogP contribution is -2.56. The molecule has 2 rings (SSSR count). The topological polar surface area (TPSA) is 60.9 Å². The van der Waals surface area contributed by atoms with E-state index in [9.17, 15) is 14.7 Å². The normalized spacial score (nSPS) is 28.7. The fourth-order valence-electron chi connectivity index (χ4n) is 3.20. The van der Waals surface area contributed by atoms with Gasteiger partial charge in [-0.3, -0.25) is 0 Å². The van der Waals surface area contributed by atoms with Crippen LogP contribution in [-0.4, -0.2) is 52.1 Å². The molecule has 0 aromatic rings. The summed E-state index contributed by atoms with van der Waals surface area (Å²) in [5, 5.41) is 9.36. The maximum Gasteiger partial charge on any atom is 0.329 e. The van der Waals surface area contributed by atoms with E-state index in [-0.39, 0.29) is 6.03 Å². The van der Waals surface area contributed by atoms with Crippen LogP contribution in [0, 0.1) is 5.92 Å².